The van der Waals surface area contributed by atoms with Crippen molar-refractivity contribution >= 4 is 5.78 Å². The SMILES string of the molecule is CCc1ccccc1CCC(=O)CCc1nnc(CCC(C)C)n1C1CC1. The highest BCUT2D eigenvalue weighted by Crippen LogP contribution is 2.37. The lowest BCUT2D eigenvalue weighted by Crippen LogP contribution is -2.10. The van der Waals surface area contributed by atoms with Crippen LogP contribution in [0.25, 0.3) is 0 Å². The second kappa shape index (κ2) is 9.29. The summed E-state index contributed by atoms with van der Waals surface area (Å²) >= 11 is 0. The summed E-state index contributed by atoms with van der Waals surface area (Å²) in [5.74, 6) is 3.13. The number of carbonyl (C=O) groups excluding carboxylic acids is 1. The van der Waals surface area contributed by atoms with Crippen LogP contribution in [0.4, 0.5) is 0 Å². The molecule has 1 saturated carbocycles. The Labute approximate surface area is 163 Å². The molecule has 0 atom stereocenters. The van der Waals surface area contributed by atoms with Crippen LogP contribution in [0.1, 0.15) is 81.7 Å². The first kappa shape index (κ1) is 19.8. The van der Waals surface area contributed by atoms with Gasteiger partial charge in [0, 0.05) is 31.7 Å². The topological polar surface area (TPSA) is 47.8 Å². The van der Waals surface area contributed by atoms with Crippen LogP contribution in [0.2, 0.25) is 0 Å². The molecular formula is C23H33N3O. The molecule has 0 saturated heterocycles. The number of rotatable bonds is 11. The molecule has 0 aliphatic heterocycles. The van der Waals surface area contributed by atoms with E-state index >= 15 is 0 Å². The Morgan fingerprint density at radius 1 is 1.04 bits per heavy atom. The minimum Gasteiger partial charge on any atom is -0.312 e. The lowest BCUT2D eigenvalue weighted by Gasteiger charge is -2.10. The fraction of sp³-hybridized carbons (Fsp3) is 0.609. The lowest BCUT2D eigenvalue weighted by molar-refractivity contribution is -0.119. The number of aryl methyl sites for hydroxylation is 4. The Hall–Kier alpha value is -1.97. The van der Waals surface area contributed by atoms with E-state index in [1.165, 1.54) is 24.0 Å². The van der Waals surface area contributed by atoms with Crippen LogP contribution < -0.4 is 0 Å². The zero-order valence-corrected chi connectivity index (χ0v) is 17.1. The smallest absolute Gasteiger partial charge is 0.133 e. The van der Waals surface area contributed by atoms with Gasteiger partial charge in [-0.15, -0.1) is 10.2 Å². The van der Waals surface area contributed by atoms with Crippen LogP contribution in [0, 0.1) is 5.92 Å². The average molecular weight is 368 g/mol. The number of hydrogen-bond acceptors (Lipinski definition) is 3. The number of carbonyl (C=O) groups is 1. The third kappa shape index (κ3) is 5.50. The molecule has 1 fully saturated rings. The summed E-state index contributed by atoms with van der Waals surface area (Å²) in [6, 6.07) is 9.03. The van der Waals surface area contributed by atoms with Crippen molar-refractivity contribution in [2.24, 2.45) is 5.92 Å². The second-order valence-corrected chi connectivity index (χ2v) is 8.23. The molecule has 1 aliphatic carbocycles. The predicted octanol–water partition coefficient (Wildman–Crippen LogP) is 4.90. The molecule has 0 N–H and O–H groups in total. The molecule has 1 aromatic heterocycles. The molecule has 27 heavy (non-hydrogen) atoms. The number of hydrogen-bond donors (Lipinski definition) is 0. The maximum atomic E-state index is 12.5. The first-order valence-electron chi connectivity index (χ1n) is 10.6. The Morgan fingerprint density at radius 2 is 1.67 bits per heavy atom. The van der Waals surface area contributed by atoms with Gasteiger partial charge in [-0.1, -0.05) is 45.0 Å². The van der Waals surface area contributed by atoms with E-state index in [1.54, 1.807) is 0 Å². The second-order valence-electron chi connectivity index (χ2n) is 8.23. The van der Waals surface area contributed by atoms with E-state index in [2.05, 4.69) is 59.8 Å². The molecule has 0 radical (unpaired) electrons. The summed E-state index contributed by atoms with van der Waals surface area (Å²) in [7, 11) is 0. The number of nitrogens with zero attached hydrogens (tertiary/aromatic N) is 3. The fourth-order valence-electron chi connectivity index (χ4n) is 3.67. The normalized spacial score (nSPS) is 14.1. The highest BCUT2D eigenvalue weighted by molar-refractivity contribution is 5.78. The Kier molecular flexibility index (Phi) is 6.81. The predicted molar refractivity (Wildman–Crippen MR) is 109 cm³/mol. The minimum atomic E-state index is 0.329. The van der Waals surface area contributed by atoms with Gasteiger partial charge in [0.15, 0.2) is 0 Å². The van der Waals surface area contributed by atoms with E-state index in [-0.39, 0.29) is 0 Å². The van der Waals surface area contributed by atoms with Crippen molar-refractivity contribution < 1.29 is 4.79 Å². The first-order valence-corrected chi connectivity index (χ1v) is 10.6. The van der Waals surface area contributed by atoms with Gasteiger partial charge >= 0.3 is 0 Å². The van der Waals surface area contributed by atoms with Gasteiger partial charge in [0.25, 0.3) is 0 Å². The molecule has 0 spiro atoms. The Morgan fingerprint density at radius 3 is 2.30 bits per heavy atom. The van der Waals surface area contributed by atoms with Gasteiger partial charge in [0.05, 0.1) is 0 Å². The summed E-state index contributed by atoms with van der Waals surface area (Å²) in [5, 5.41) is 8.88. The first-order chi connectivity index (χ1) is 13.1. The third-order valence-corrected chi connectivity index (χ3v) is 5.49. The Balaban J connectivity index is 1.54. The summed E-state index contributed by atoms with van der Waals surface area (Å²) in [4.78, 5) is 12.5. The zero-order chi connectivity index (χ0) is 19.2. The number of Topliss-reactive ketones (excluding diaryl/α,β-unsaturated/α-hetero) is 1. The van der Waals surface area contributed by atoms with Crippen LogP contribution in [0.3, 0.4) is 0 Å². The van der Waals surface area contributed by atoms with Gasteiger partial charge < -0.3 is 4.57 Å². The molecule has 0 bridgehead atoms. The molecule has 2 aromatic rings. The van der Waals surface area contributed by atoms with E-state index in [0.717, 1.165) is 43.8 Å². The quantitative estimate of drug-likeness (QED) is 0.567. The highest BCUT2D eigenvalue weighted by Gasteiger charge is 2.29. The molecule has 1 heterocycles. The molecule has 0 amide bonds. The minimum absolute atomic E-state index is 0.329. The van der Waals surface area contributed by atoms with Gasteiger partial charge in [0.2, 0.25) is 0 Å². The molecule has 4 nitrogen and oxygen atoms in total. The maximum absolute atomic E-state index is 12.5. The van der Waals surface area contributed by atoms with Crippen LogP contribution in [-0.2, 0) is 30.5 Å². The summed E-state index contributed by atoms with van der Waals surface area (Å²) in [6.45, 7) is 6.66. The van der Waals surface area contributed by atoms with Crippen LogP contribution in [-0.4, -0.2) is 20.5 Å². The average Bonchev–Trinajstić information content (AvgIpc) is 3.43. The van der Waals surface area contributed by atoms with E-state index in [0.29, 0.717) is 30.6 Å². The van der Waals surface area contributed by atoms with Gasteiger partial charge in [0.1, 0.15) is 17.4 Å². The molecule has 146 valence electrons. The van der Waals surface area contributed by atoms with Crippen molar-refractivity contribution in [3.05, 3.63) is 47.0 Å². The van der Waals surface area contributed by atoms with E-state index in [1.807, 2.05) is 0 Å². The van der Waals surface area contributed by atoms with Gasteiger partial charge in [-0.05, 0) is 49.1 Å². The summed E-state index contributed by atoms with van der Waals surface area (Å²) in [6.07, 6.45) is 8.36. The van der Waals surface area contributed by atoms with Gasteiger partial charge in [-0.3, -0.25) is 4.79 Å². The van der Waals surface area contributed by atoms with Crippen molar-refractivity contribution in [3.8, 4) is 0 Å². The van der Waals surface area contributed by atoms with E-state index < -0.39 is 0 Å². The molecule has 1 aromatic carbocycles. The van der Waals surface area contributed by atoms with Crippen LogP contribution in [0.5, 0.6) is 0 Å². The van der Waals surface area contributed by atoms with Crippen LogP contribution in [0.15, 0.2) is 24.3 Å². The Bertz CT molecular complexity index is 759. The lowest BCUT2D eigenvalue weighted by atomic mass is 9.99. The number of benzene rings is 1. The molecule has 4 heteroatoms. The van der Waals surface area contributed by atoms with E-state index in [4.69, 9.17) is 0 Å². The summed E-state index contributed by atoms with van der Waals surface area (Å²) < 4.78 is 2.34. The van der Waals surface area contributed by atoms with Crippen LogP contribution >= 0.6 is 0 Å². The molecule has 0 unspecified atom stereocenters. The van der Waals surface area contributed by atoms with E-state index in [9.17, 15) is 4.79 Å². The van der Waals surface area contributed by atoms with Crippen molar-refractivity contribution in [1.29, 1.82) is 0 Å². The zero-order valence-electron chi connectivity index (χ0n) is 17.1. The standard InChI is InChI=1S/C23H33N3O/c1-4-18-7-5-6-8-19(18)10-13-21(27)14-16-23-25-24-22(15-9-17(2)3)26(23)20-11-12-20/h5-8,17,20H,4,9-16H2,1-3H3. The molecule has 1 aliphatic rings. The largest absolute Gasteiger partial charge is 0.312 e. The fourth-order valence-corrected chi connectivity index (χ4v) is 3.67. The van der Waals surface area contributed by atoms with Crippen molar-refractivity contribution in [1.82, 2.24) is 14.8 Å². The maximum Gasteiger partial charge on any atom is 0.133 e. The van der Waals surface area contributed by atoms with Crippen molar-refractivity contribution in [3.63, 3.8) is 0 Å². The number of aromatic nitrogens is 3. The van der Waals surface area contributed by atoms with Gasteiger partial charge in [-0.2, -0.15) is 0 Å². The molecule has 3 rings (SSSR count). The number of ketones is 1. The monoisotopic (exact) mass is 367 g/mol. The molecular weight excluding hydrogens is 334 g/mol. The summed E-state index contributed by atoms with van der Waals surface area (Å²) in [5.41, 5.74) is 2.67. The van der Waals surface area contributed by atoms with Crippen molar-refractivity contribution in [2.75, 3.05) is 0 Å². The van der Waals surface area contributed by atoms with Crippen molar-refractivity contribution in [2.45, 2.75) is 84.6 Å². The third-order valence-electron chi connectivity index (χ3n) is 5.49. The van der Waals surface area contributed by atoms with Gasteiger partial charge in [-0.25, -0.2) is 0 Å². The highest BCUT2D eigenvalue weighted by atomic mass is 16.1.